The lowest BCUT2D eigenvalue weighted by atomic mass is 10.1. The van der Waals surface area contributed by atoms with Crippen molar-refractivity contribution in [1.82, 2.24) is 14.5 Å². The summed E-state index contributed by atoms with van der Waals surface area (Å²) in [6.07, 6.45) is 1.76. The van der Waals surface area contributed by atoms with E-state index in [-0.39, 0.29) is 10.9 Å². The molecule has 2 rings (SSSR count). The molecule has 0 bridgehead atoms. The van der Waals surface area contributed by atoms with Crippen LogP contribution in [-0.2, 0) is 17.1 Å². The topological polar surface area (TPSA) is 76.0 Å². The van der Waals surface area contributed by atoms with E-state index in [0.717, 1.165) is 16.9 Å². The van der Waals surface area contributed by atoms with Gasteiger partial charge in [0.25, 0.3) is 0 Å². The number of aromatic nitrogens is 2. The fraction of sp³-hybridized carbons (Fsp3) is 0.357. The van der Waals surface area contributed by atoms with Crippen LogP contribution in [0.25, 0.3) is 0 Å². The summed E-state index contributed by atoms with van der Waals surface area (Å²) in [7, 11) is -0.140. The Kier molecular flexibility index (Phi) is 4.34. The molecule has 0 saturated carbocycles. The van der Waals surface area contributed by atoms with E-state index in [4.69, 9.17) is 0 Å². The monoisotopic (exact) mass is 308 g/mol. The smallest absolute Gasteiger partial charge is 0.240 e. The normalized spacial score (nSPS) is 13.1. The average molecular weight is 308 g/mol. The Labute approximate surface area is 125 Å². The highest BCUT2D eigenvalue weighted by atomic mass is 32.2. The first-order chi connectivity index (χ1) is 9.85. The number of benzene rings is 1. The van der Waals surface area contributed by atoms with E-state index in [0.29, 0.717) is 0 Å². The predicted octanol–water partition coefficient (Wildman–Crippen LogP) is 1.81. The fourth-order valence-corrected chi connectivity index (χ4v) is 2.81. The number of hydrogen-bond acceptors (Lipinski definition) is 4. The minimum Gasteiger partial charge on any atom is -0.376 e. The predicted molar refractivity (Wildman–Crippen MR) is 82.7 cm³/mol. The maximum Gasteiger partial charge on any atom is 0.240 e. The Morgan fingerprint density at radius 1 is 1.33 bits per heavy atom. The average Bonchev–Trinajstić information content (AvgIpc) is 2.79. The Balaban J connectivity index is 2.26. The first-order valence-electron chi connectivity index (χ1n) is 6.64. The van der Waals surface area contributed by atoms with Gasteiger partial charge in [0, 0.05) is 13.1 Å². The zero-order valence-electron chi connectivity index (χ0n) is 12.6. The van der Waals surface area contributed by atoms with Crippen molar-refractivity contribution in [3.05, 3.63) is 41.7 Å². The lowest BCUT2D eigenvalue weighted by Gasteiger charge is -2.16. The van der Waals surface area contributed by atoms with Crippen LogP contribution >= 0.6 is 0 Å². The van der Waals surface area contributed by atoms with Gasteiger partial charge in [-0.1, -0.05) is 12.1 Å². The quantitative estimate of drug-likeness (QED) is 0.883. The highest BCUT2D eigenvalue weighted by Crippen LogP contribution is 2.23. The van der Waals surface area contributed by atoms with Crippen molar-refractivity contribution in [2.45, 2.75) is 24.8 Å². The van der Waals surface area contributed by atoms with E-state index in [2.05, 4.69) is 15.1 Å². The van der Waals surface area contributed by atoms with Crippen molar-refractivity contribution in [2.24, 2.45) is 7.05 Å². The molecule has 6 nitrogen and oxygen atoms in total. The van der Waals surface area contributed by atoms with Gasteiger partial charge < -0.3 is 5.32 Å². The van der Waals surface area contributed by atoms with Crippen LogP contribution in [0.5, 0.6) is 0 Å². The Morgan fingerprint density at radius 2 is 2.05 bits per heavy atom. The van der Waals surface area contributed by atoms with Gasteiger partial charge >= 0.3 is 0 Å². The summed E-state index contributed by atoms with van der Waals surface area (Å²) < 4.78 is 27.8. The summed E-state index contributed by atoms with van der Waals surface area (Å²) in [5, 5.41) is 7.53. The van der Waals surface area contributed by atoms with Crippen LogP contribution in [0.3, 0.4) is 0 Å². The molecule has 0 radical (unpaired) electrons. The molecule has 1 aromatic heterocycles. The van der Waals surface area contributed by atoms with Crippen LogP contribution in [0.15, 0.2) is 35.4 Å². The van der Waals surface area contributed by atoms with Crippen molar-refractivity contribution in [1.29, 1.82) is 0 Å². The van der Waals surface area contributed by atoms with Gasteiger partial charge in [-0.15, -0.1) is 0 Å². The van der Waals surface area contributed by atoms with Gasteiger partial charge in [0.05, 0.1) is 22.5 Å². The zero-order valence-corrected chi connectivity index (χ0v) is 13.4. The third kappa shape index (κ3) is 3.25. The third-order valence-electron chi connectivity index (χ3n) is 3.54. The van der Waals surface area contributed by atoms with Crippen LogP contribution in [0.4, 0.5) is 5.69 Å². The number of hydrogen-bond donors (Lipinski definition) is 2. The number of nitrogens with one attached hydrogen (secondary N) is 2. The maximum atomic E-state index is 11.8. The number of sulfonamides is 1. The molecule has 1 unspecified atom stereocenters. The van der Waals surface area contributed by atoms with Crippen LogP contribution in [0.2, 0.25) is 0 Å². The molecular weight excluding hydrogens is 288 g/mol. The molecule has 1 atom stereocenters. The molecule has 0 fully saturated rings. The van der Waals surface area contributed by atoms with Gasteiger partial charge in [-0.2, -0.15) is 5.10 Å². The second-order valence-corrected chi connectivity index (χ2v) is 6.80. The number of aryl methyl sites for hydroxylation is 1. The summed E-state index contributed by atoms with van der Waals surface area (Å²) >= 11 is 0. The van der Waals surface area contributed by atoms with Crippen molar-refractivity contribution in [3.8, 4) is 0 Å². The second-order valence-electron chi connectivity index (χ2n) is 4.91. The highest BCUT2D eigenvalue weighted by molar-refractivity contribution is 7.89. The van der Waals surface area contributed by atoms with E-state index in [1.165, 1.54) is 7.05 Å². The maximum absolute atomic E-state index is 11.8. The molecule has 0 aliphatic heterocycles. The molecule has 0 saturated heterocycles. The van der Waals surface area contributed by atoms with Gasteiger partial charge in [0.1, 0.15) is 0 Å². The van der Waals surface area contributed by atoms with Gasteiger partial charge in [-0.3, -0.25) is 4.68 Å². The van der Waals surface area contributed by atoms with Gasteiger partial charge in [0.2, 0.25) is 10.0 Å². The molecule has 21 heavy (non-hydrogen) atoms. The lowest BCUT2D eigenvalue weighted by Crippen LogP contribution is -2.19. The molecule has 0 aliphatic rings. The van der Waals surface area contributed by atoms with Crippen molar-refractivity contribution >= 4 is 15.7 Å². The molecule has 2 aromatic rings. The molecule has 114 valence electrons. The van der Waals surface area contributed by atoms with Gasteiger partial charge in [-0.25, -0.2) is 13.1 Å². The Morgan fingerprint density at radius 3 is 2.62 bits per heavy atom. The zero-order chi connectivity index (χ0) is 15.6. The van der Waals surface area contributed by atoms with Crippen LogP contribution < -0.4 is 10.0 Å². The van der Waals surface area contributed by atoms with E-state index in [9.17, 15) is 8.42 Å². The standard InChI is InChI=1S/C14H20N4O2S/c1-10(17-14-9-16-18(4)11(14)2)12-6-5-7-13(8-12)21(19,20)15-3/h5-10,15,17H,1-4H3. The highest BCUT2D eigenvalue weighted by Gasteiger charge is 2.14. The minimum absolute atomic E-state index is 0.0279. The molecule has 1 heterocycles. The summed E-state index contributed by atoms with van der Waals surface area (Å²) in [5.41, 5.74) is 2.86. The summed E-state index contributed by atoms with van der Waals surface area (Å²) in [6, 6.07) is 6.87. The summed E-state index contributed by atoms with van der Waals surface area (Å²) in [6.45, 7) is 3.96. The van der Waals surface area contributed by atoms with Gasteiger partial charge in [0.15, 0.2) is 0 Å². The SMILES string of the molecule is CNS(=O)(=O)c1cccc(C(C)Nc2cnn(C)c2C)c1. The van der Waals surface area contributed by atoms with E-state index in [1.54, 1.807) is 29.1 Å². The van der Waals surface area contributed by atoms with Crippen LogP contribution in [-0.4, -0.2) is 25.2 Å². The van der Waals surface area contributed by atoms with Gasteiger partial charge in [-0.05, 0) is 38.6 Å². The van der Waals surface area contributed by atoms with E-state index >= 15 is 0 Å². The molecular formula is C14H20N4O2S. The van der Waals surface area contributed by atoms with Crippen molar-refractivity contribution in [2.75, 3.05) is 12.4 Å². The Bertz CT molecular complexity index is 737. The molecule has 2 N–H and O–H groups in total. The largest absolute Gasteiger partial charge is 0.376 e. The minimum atomic E-state index is -3.43. The van der Waals surface area contributed by atoms with Crippen LogP contribution in [0.1, 0.15) is 24.2 Å². The summed E-state index contributed by atoms with van der Waals surface area (Å²) in [5.74, 6) is 0. The first kappa shape index (κ1) is 15.5. The first-order valence-corrected chi connectivity index (χ1v) is 8.12. The second kappa shape index (κ2) is 5.87. The molecule has 0 amide bonds. The number of anilines is 1. The summed E-state index contributed by atoms with van der Waals surface area (Å²) in [4.78, 5) is 0.263. The van der Waals surface area contributed by atoms with Crippen molar-refractivity contribution in [3.63, 3.8) is 0 Å². The van der Waals surface area contributed by atoms with Crippen molar-refractivity contribution < 1.29 is 8.42 Å². The number of rotatable bonds is 5. The third-order valence-corrected chi connectivity index (χ3v) is 4.96. The Hall–Kier alpha value is -1.86. The van der Waals surface area contributed by atoms with E-state index in [1.807, 2.05) is 27.0 Å². The fourth-order valence-electron chi connectivity index (χ4n) is 2.03. The van der Waals surface area contributed by atoms with Crippen LogP contribution in [0, 0.1) is 6.92 Å². The lowest BCUT2D eigenvalue weighted by molar-refractivity contribution is 0.588. The number of nitrogens with zero attached hydrogens (tertiary/aromatic N) is 2. The molecule has 7 heteroatoms. The van der Waals surface area contributed by atoms with E-state index < -0.39 is 10.0 Å². The molecule has 0 aliphatic carbocycles. The molecule has 0 spiro atoms. The molecule has 1 aromatic carbocycles.